The van der Waals surface area contributed by atoms with Crippen molar-refractivity contribution in [3.05, 3.63) is 58.8 Å². The number of nitrogens with zero attached hydrogens (tertiary/aromatic N) is 2. The Hall–Kier alpha value is -3.33. The Morgan fingerprint density at radius 2 is 1.84 bits per heavy atom. The zero-order valence-electron chi connectivity index (χ0n) is 18.1. The Labute approximate surface area is 190 Å². The molecule has 0 unspecified atom stereocenters. The highest BCUT2D eigenvalue weighted by atomic mass is 32.2. The Balaban J connectivity index is 1.74. The number of anilines is 2. The van der Waals surface area contributed by atoms with Gasteiger partial charge in [0.1, 0.15) is 18.1 Å². The Morgan fingerprint density at radius 1 is 1.16 bits per heavy atom. The average molecular weight is 458 g/mol. The summed E-state index contributed by atoms with van der Waals surface area (Å²) in [7, 11) is 1.55. The number of thioether (sulfide) groups is 1. The van der Waals surface area contributed by atoms with Gasteiger partial charge in [0.25, 0.3) is 11.1 Å². The second kappa shape index (κ2) is 10.3. The largest absolute Gasteiger partial charge is 0.496 e. The van der Waals surface area contributed by atoms with E-state index in [4.69, 9.17) is 4.74 Å². The summed E-state index contributed by atoms with van der Waals surface area (Å²) in [6, 6.07) is 10.9. The predicted octanol–water partition coefficient (Wildman–Crippen LogP) is 4.36. The molecule has 0 saturated carbocycles. The quantitative estimate of drug-likeness (QED) is 0.594. The lowest BCUT2D eigenvalue weighted by atomic mass is 10.1. The van der Waals surface area contributed by atoms with Crippen LogP contribution in [0.25, 0.3) is 6.08 Å². The van der Waals surface area contributed by atoms with Crippen LogP contribution >= 0.6 is 11.8 Å². The molecule has 0 aromatic heterocycles. The third kappa shape index (κ3) is 5.28. The fourth-order valence-electron chi connectivity index (χ4n) is 3.26. The Kier molecular flexibility index (Phi) is 7.53. The number of imide groups is 1. The third-order valence-electron chi connectivity index (χ3n) is 4.94. The van der Waals surface area contributed by atoms with Crippen molar-refractivity contribution in [2.75, 3.05) is 37.0 Å². The lowest BCUT2D eigenvalue weighted by Crippen LogP contribution is -2.36. The third-order valence-corrected chi connectivity index (χ3v) is 5.84. The lowest BCUT2D eigenvalue weighted by molar-refractivity contribution is -0.127. The molecule has 0 radical (unpaired) electrons. The highest BCUT2D eigenvalue weighted by Crippen LogP contribution is 2.35. The minimum atomic E-state index is -0.554. The van der Waals surface area contributed by atoms with Gasteiger partial charge in [-0.05, 0) is 68.1 Å². The van der Waals surface area contributed by atoms with Gasteiger partial charge in [0.15, 0.2) is 0 Å². The van der Waals surface area contributed by atoms with Gasteiger partial charge in [0.05, 0.1) is 12.0 Å². The first-order valence-electron chi connectivity index (χ1n) is 10.1. The van der Waals surface area contributed by atoms with Gasteiger partial charge in [-0.2, -0.15) is 0 Å². The highest BCUT2D eigenvalue weighted by molar-refractivity contribution is 8.18. The fourth-order valence-corrected chi connectivity index (χ4v) is 4.09. The summed E-state index contributed by atoms with van der Waals surface area (Å²) < 4.78 is 18.5. The summed E-state index contributed by atoms with van der Waals surface area (Å²) in [5.74, 6) is -0.958. The van der Waals surface area contributed by atoms with Crippen LogP contribution in [-0.2, 0) is 9.59 Å². The summed E-state index contributed by atoms with van der Waals surface area (Å²) in [5.41, 5.74) is 2.02. The number of hydrogen-bond donors (Lipinski definition) is 1. The van der Waals surface area contributed by atoms with Crippen molar-refractivity contribution in [2.45, 2.75) is 13.8 Å². The number of rotatable bonds is 8. The van der Waals surface area contributed by atoms with E-state index < -0.39 is 29.4 Å². The van der Waals surface area contributed by atoms with Crippen LogP contribution in [0.3, 0.4) is 0 Å². The molecule has 3 amide bonds. The molecule has 1 saturated heterocycles. The van der Waals surface area contributed by atoms with Gasteiger partial charge >= 0.3 is 0 Å². The van der Waals surface area contributed by atoms with Crippen LogP contribution in [0, 0.1) is 5.82 Å². The van der Waals surface area contributed by atoms with Crippen LogP contribution in [0.15, 0.2) is 47.4 Å². The van der Waals surface area contributed by atoms with Crippen LogP contribution in [0.1, 0.15) is 19.4 Å². The monoisotopic (exact) mass is 457 g/mol. The SMILES string of the molecule is CCN(CC)c1ccc(/C=C2\SC(=O)N(CC(=O)Nc3ccc(F)cc3)C2=O)c(OC)c1. The molecule has 1 aliphatic heterocycles. The van der Waals surface area contributed by atoms with Crippen molar-refractivity contribution in [1.82, 2.24) is 4.90 Å². The number of nitrogens with one attached hydrogen (secondary N) is 1. The molecule has 168 valence electrons. The first-order valence-corrected chi connectivity index (χ1v) is 10.9. The highest BCUT2D eigenvalue weighted by Gasteiger charge is 2.36. The Bertz CT molecular complexity index is 1050. The van der Waals surface area contributed by atoms with Gasteiger partial charge in [-0.15, -0.1) is 0 Å². The van der Waals surface area contributed by atoms with E-state index in [9.17, 15) is 18.8 Å². The zero-order valence-corrected chi connectivity index (χ0v) is 18.9. The van der Waals surface area contributed by atoms with E-state index in [1.165, 1.54) is 24.3 Å². The number of ether oxygens (including phenoxy) is 1. The number of hydrogen-bond acceptors (Lipinski definition) is 6. The molecule has 2 aromatic carbocycles. The topological polar surface area (TPSA) is 79.0 Å². The van der Waals surface area contributed by atoms with Gasteiger partial charge < -0.3 is 15.0 Å². The molecule has 32 heavy (non-hydrogen) atoms. The van der Waals surface area contributed by atoms with Crippen molar-refractivity contribution in [3.8, 4) is 5.75 Å². The molecule has 0 spiro atoms. The molecule has 9 heteroatoms. The van der Waals surface area contributed by atoms with Crippen molar-refractivity contribution in [3.63, 3.8) is 0 Å². The van der Waals surface area contributed by atoms with E-state index in [2.05, 4.69) is 24.1 Å². The van der Waals surface area contributed by atoms with Crippen LogP contribution in [0.4, 0.5) is 20.6 Å². The van der Waals surface area contributed by atoms with E-state index in [0.29, 0.717) is 17.0 Å². The smallest absolute Gasteiger partial charge is 0.294 e. The summed E-state index contributed by atoms with van der Waals surface area (Å²) in [5, 5.41) is 2.01. The molecule has 0 atom stereocenters. The summed E-state index contributed by atoms with van der Waals surface area (Å²) in [6.45, 7) is 5.38. The van der Waals surface area contributed by atoms with Gasteiger partial charge in [-0.25, -0.2) is 4.39 Å². The van der Waals surface area contributed by atoms with Crippen molar-refractivity contribution in [2.24, 2.45) is 0 Å². The molecule has 1 N–H and O–H groups in total. The molecular weight excluding hydrogens is 433 g/mol. The van der Waals surface area contributed by atoms with E-state index in [1.54, 1.807) is 13.2 Å². The molecule has 1 aliphatic rings. The first-order chi connectivity index (χ1) is 15.4. The molecule has 1 heterocycles. The second-order valence-corrected chi connectivity index (χ2v) is 7.91. The van der Waals surface area contributed by atoms with E-state index in [1.807, 2.05) is 18.2 Å². The molecule has 0 bridgehead atoms. The van der Waals surface area contributed by atoms with Crippen molar-refractivity contribution in [1.29, 1.82) is 0 Å². The minimum Gasteiger partial charge on any atom is -0.496 e. The van der Waals surface area contributed by atoms with Gasteiger partial charge in [-0.3, -0.25) is 19.3 Å². The predicted molar refractivity (Wildman–Crippen MR) is 124 cm³/mol. The maximum absolute atomic E-state index is 13.0. The van der Waals surface area contributed by atoms with Crippen molar-refractivity contribution < 1.29 is 23.5 Å². The molecule has 1 fully saturated rings. The molecule has 3 rings (SSSR count). The van der Waals surface area contributed by atoms with E-state index in [0.717, 1.165) is 35.4 Å². The summed E-state index contributed by atoms with van der Waals surface area (Å²) in [6.07, 6.45) is 1.59. The first kappa shape index (κ1) is 23.3. The Morgan fingerprint density at radius 3 is 2.47 bits per heavy atom. The molecule has 7 nitrogen and oxygen atoms in total. The average Bonchev–Trinajstić information content (AvgIpc) is 3.04. The number of carbonyl (C=O) groups is 3. The summed E-state index contributed by atoms with van der Waals surface area (Å²) >= 11 is 0.769. The summed E-state index contributed by atoms with van der Waals surface area (Å²) in [4.78, 5) is 40.6. The van der Waals surface area contributed by atoms with Crippen LogP contribution < -0.4 is 15.0 Å². The second-order valence-electron chi connectivity index (χ2n) is 6.92. The fraction of sp³-hybridized carbons (Fsp3) is 0.261. The number of amides is 3. The minimum absolute atomic E-state index is 0.207. The standard InChI is InChI=1S/C23H24FN3O4S/c1-4-26(5-2)18-11-6-15(19(13-18)31-3)12-20-22(29)27(23(30)32-20)14-21(28)25-17-9-7-16(24)8-10-17/h6-13H,4-5,14H2,1-3H3,(H,25,28)/b20-12-. The number of halogens is 1. The molecular formula is C23H24FN3O4S. The van der Waals surface area contributed by atoms with E-state index >= 15 is 0 Å². The van der Waals surface area contributed by atoms with Crippen LogP contribution in [0.2, 0.25) is 0 Å². The van der Waals surface area contributed by atoms with E-state index in [-0.39, 0.29) is 4.91 Å². The van der Waals surface area contributed by atoms with Gasteiger partial charge in [0, 0.05) is 36.1 Å². The normalized spacial score (nSPS) is 14.8. The van der Waals surface area contributed by atoms with Gasteiger partial charge in [-0.1, -0.05) is 0 Å². The zero-order chi connectivity index (χ0) is 23.3. The maximum Gasteiger partial charge on any atom is 0.294 e. The van der Waals surface area contributed by atoms with Crippen LogP contribution in [-0.4, -0.2) is 48.7 Å². The molecule has 0 aliphatic carbocycles. The number of benzene rings is 2. The van der Waals surface area contributed by atoms with Crippen molar-refractivity contribution >= 4 is 46.3 Å². The van der Waals surface area contributed by atoms with Gasteiger partial charge in [0.2, 0.25) is 5.91 Å². The number of methoxy groups -OCH3 is 1. The molecule has 2 aromatic rings. The maximum atomic E-state index is 13.0. The lowest BCUT2D eigenvalue weighted by Gasteiger charge is -2.22. The van der Waals surface area contributed by atoms with Crippen LogP contribution in [0.5, 0.6) is 5.75 Å². The number of carbonyl (C=O) groups excluding carboxylic acids is 3.